The first-order valence-electron chi connectivity index (χ1n) is 6.55. The average Bonchev–Trinajstić information content (AvgIpc) is 2.46. The molecule has 6 heteroatoms. The summed E-state index contributed by atoms with van der Waals surface area (Å²) in [5, 5.41) is 3.63. The van der Waals surface area contributed by atoms with Crippen LogP contribution in [0.1, 0.15) is 13.8 Å². The summed E-state index contributed by atoms with van der Waals surface area (Å²) in [6, 6.07) is 7.37. The lowest BCUT2D eigenvalue weighted by Crippen LogP contribution is -2.07. The van der Waals surface area contributed by atoms with Crippen molar-refractivity contribution in [3.63, 3.8) is 0 Å². The van der Waals surface area contributed by atoms with Gasteiger partial charge in [0.1, 0.15) is 0 Å². The molecule has 0 unspecified atom stereocenters. The first-order chi connectivity index (χ1) is 10.1. The monoisotopic (exact) mass is 304 g/mol. The van der Waals surface area contributed by atoms with Crippen LogP contribution in [0, 0.1) is 0 Å². The van der Waals surface area contributed by atoms with Gasteiger partial charge in [0.25, 0.3) is 0 Å². The highest BCUT2D eigenvalue weighted by Crippen LogP contribution is 2.31. The number of benzene rings is 1. The lowest BCUT2D eigenvalue weighted by atomic mass is 10.2. The van der Waals surface area contributed by atoms with Gasteiger partial charge in [-0.05, 0) is 31.2 Å². The van der Waals surface area contributed by atoms with Crippen molar-refractivity contribution in [2.24, 2.45) is 0 Å². The maximum Gasteiger partial charge on any atom is 0.316 e. The quantitative estimate of drug-likeness (QED) is 0.679. The van der Waals surface area contributed by atoms with Gasteiger partial charge in [0.2, 0.25) is 5.91 Å². The smallest absolute Gasteiger partial charge is 0.316 e. The van der Waals surface area contributed by atoms with Gasteiger partial charge in [-0.25, -0.2) is 0 Å². The molecule has 1 aromatic heterocycles. The predicted octanol–water partition coefficient (Wildman–Crippen LogP) is 2.85. The number of nitrogens with zero attached hydrogens (tertiary/aromatic N) is 1. The van der Waals surface area contributed by atoms with Crippen LogP contribution in [0.15, 0.2) is 35.4 Å². The highest BCUT2D eigenvalue weighted by molar-refractivity contribution is 8.00. The molecule has 2 rings (SSSR count). The summed E-state index contributed by atoms with van der Waals surface area (Å²) in [6.07, 6.45) is 1.69. The number of amides is 1. The van der Waals surface area contributed by atoms with E-state index in [0.717, 1.165) is 15.8 Å². The first-order valence-corrected chi connectivity index (χ1v) is 7.54. The van der Waals surface area contributed by atoms with E-state index in [9.17, 15) is 9.59 Å². The van der Waals surface area contributed by atoms with Crippen LogP contribution in [-0.2, 0) is 14.3 Å². The number of aromatic nitrogens is 1. The molecule has 0 radical (unpaired) electrons. The summed E-state index contributed by atoms with van der Waals surface area (Å²) >= 11 is 1.38. The molecule has 2 aromatic rings. The van der Waals surface area contributed by atoms with Gasteiger partial charge in [0.15, 0.2) is 0 Å². The summed E-state index contributed by atoms with van der Waals surface area (Å²) in [6.45, 7) is 3.62. The van der Waals surface area contributed by atoms with Gasteiger partial charge in [-0.2, -0.15) is 0 Å². The van der Waals surface area contributed by atoms with Gasteiger partial charge < -0.3 is 10.1 Å². The Kier molecular flexibility index (Phi) is 5.16. The van der Waals surface area contributed by atoms with Crippen molar-refractivity contribution in [1.82, 2.24) is 4.98 Å². The summed E-state index contributed by atoms with van der Waals surface area (Å²) < 4.78 is 4.91. The van der Waals surface area contributed by atoms with Crippen LogP contribution in [0.2, 0.25) is 0 Å². The van der Waals surface area contributed by atoms with Crippen molar-refractivity contribution in [3.8, 4) is 0 Å². The Bertz CT molecular complexity index is 673. The van der Waals surface area contributed by atoms with Gasteiger partial charge in [0.05, 0.1) is 23.6 Å². The number of hydrogen-bond donors (Lipinski definition) is 1. The third kappa shape index (κ3) is 3.95. The molecular weight excluding hydrogens is 288 g/mol. The van der Waals surface area contributed by atoms with Crippen LogP contribution >= 0.6 is 11.8 Å². The fourth-order valence-corrected chi connectivity index (χ4v) is 2.72. The van der Waals surface area contributed by atoms with Crippen molar-refractivity contribution in [2.45, 2.75) is 18.7 Å². The third-order valence-corrected chi connectivity index (χ3v) is 3.71. The van der Waals surface area contributed by atoms with Crippen molar-refractivity contribution >= 4 is 40.2 Å². The minimum absolute atomic E-state index is 0.132. The summed E-state index contributed by atoms with van der Waals surface area (Å²) in [4.78, 5) is 27.9. The molecule has 110 valence electrons. The molecule has 0 aliphatic rings. The maximum atomic E-state index is 11.4. The highest BCUT2D eigenvalue weighted by Gasteiger charge is 2.10. The van der Waals surface area contributed by atoms with Crippen LogP contribution < -0.4 is 5.32 Å². The Balaban J connectivity index is 2.29. The van der Waals surface area contributed by atoms with Gasteiger partial charge in [-0.1, -0.05) is 0 Å². The van der Waals surface area contributed by atoms with E-state index < -0.39 is 0 Å². The molecule has 1 heterocycles. The van der Waals surface area contributed by atoms with Crippen molar-refractivity contribution in [2.75, 3.05) is 17.7 Å². The largest absolute Gasteiger partial charge is 0.465 e. The van der Waals surface area contributed by atoms with Crippen LogP contribution in [0.5, 0.6) is 0 Å². The lowest BCUT2D eigenvalue weighted by Gasteiger charge is -2.10. The van der Waals surface area contributed by atoms with Crippen molar-refractivity contribution < 1.29 is 14.3 Å². The fraction of sp³-hybridized carbons (Fsp3) is 0.267. The highest BCUT2D eigenvalue weighted by atomic mass is 32.2. The number of pyridine rings is 1. The Morgan fingerprint density at radius 2 is 2.14 bits per heavy atom. The summed E-state index contributed by atoms with van der Waals surface area (Å²) in [5.74, 6) is -0.150. The average molecular weight is 304 g/mol. The second-order valence-corrected chi connectivity index (χ2v) is 5.30. The Morgan fingerprint density at radius 3 is 2.86 bits per heavy atom. The number of carbonyl (C=O) groups excluding carboxylic acids is 2. The van der Waals surface area contributed by atoms with Gasteiger partial charge in [-0.3, -0.25) is 14.6 Å². The molecule has 5 nitrogen and oxygen atoms in total. The Hall–Kier alpha value is -2.08. The van der Waals surface area contributed by atoms with Crippen LogP contribution in [0.25, 0.3) is 10.9 Å². The number of fused-ring (bicyclic) bond motifs is 1. The molecule has 0 saturated heterocycles. The third-order valence-electron chi connectivity index (χ3n) is 2.69. The molecule has 0 bridgehead atoms. The molecule has 0 fully saturated rings. The fourth-order valence-electron chi connectivity index (χ4n) is 1.90. The van der Waals surface area contributed by atoms with E-state index in [1.54, 1.807) is 13.1 Å². The zero-order chi connectivity index (χ0) is 15.2. The number of anilines is 1. The predicted molar refractivity (Wildman–Crippen MR) is 83.4 cm³/mol. The minimum atomic E-state index is -0.252. The second kappa shape index (κ2) is 7.08. The first kappa shape index (κ1) is 15.3. The molecule has 21 heavy (non-hydrogen) atoms. The number of carbonyl (C=O) groups is 2. The Labute approximate surface area is 127 Å². The van der Waals surface area contributed by atoms with Gasteiger partial charge in [0, 0.05) is 23.4 Å². The van der Waals surface area contributed by atoms with Crippen molar-refractivity contribution in [3.05, 3.63) is 30.5 Å². The zero-order valence-electron chi connectivity index (χ0n) is 11.9. The standard InChI is InChI=1S/C15H16N2O3S/c1-3-20-14(19)9-21-13-7-6-12(17-10(2)18)11-5-4-8-16-15(11)13/h4-8H,3,9H2,1-2H3,(H,17,18). The molecule has 0 saturated carbocycles. The van der Waals surface area contributed by atoms with Crippen LogP contribution in [-0.4, -0.2) is 29.2 Å². The molecule has 0 spiro atoms. The molecule has 0 aliphatic heterocycles. The van der Waals surface area contributed by atoms with Gasteiger partial charge in [-0.15, -0.1) is 11.8 Å². The maximum absolute atomic E-state index is 11.4. The van der Waals surface area contributed by atoms with E-state index >= 15 is 0 Å². The number of rotatable bonds is 5. The summed E-state index contributed by atoms with van der Waals surface area (Å²) in [7, 11) is 0. The number of hydrogen-bond acceptors (Lipinski definition) is 5. The number of nitrogens with one attached hydrogen (secondary N) is 1. The SMILES string of the molecule is CCOC(=O)CSc1ccc(NC(C)=O)c2cccnc12. The second-order valence-electron chi connectivity index (χ2n) is 4.29. The molecule has 0 aliphatic carbocycles. The van der Waals surface area contributed by atoms with E-state index in [2.05, 4.69) is 10.3 Å². The van der Waals surface area contributed by atoms with E-state index in [1.807, 2.05) is 24.3 Å². The minimum Gasteiger partial charge on any atom is -0.465 e. The van der Waals surface area contributed by atoms with E-state index in [1.165, 1.54) is 18.7 Å². The zero-order valence-corrected chi connectivity index (χ0v) is 12.7. The van der Waals surface area contributed by atoms with Crippen LogP contribution in [0.3, 0.4) is 0 Å². The number of ether oxygens (including phenoxy) is 1. The molecule has 1 N–H and O–H groups in total. The molecule has 1 aromatic carbocycles. The lowest BCUT2D eigenvalue weighted by molar-refractivity contribution is -0.139. The summed E-state index contributed by atoms with van der Waals surface area (Å²) in [5.41, 5.74) is 1.48. The number of esters is 1. The van der Waals surface area contributed by atoms with E-state index in [4.69, 9.17) is 4.74 Å². The molecule has 0 atom stereocenters. The van der Waals surface area contributed by atoms with Gasteiger partial charge >= 0.3 is 5.97 Å². The Morgan fingerprint density at radius 1 is 1.33 bits per heavy atom. The normalized spacial score (nSPS) is 10.4. The molecular formula is C15H16N2O3S. The van der Waals surface area contributed by atoms with E-state index in [-0.39, 0.29) is 17.6 Å². The molecule has 1 amide bonds. The van der Waals surface area contributed by atoms with Crippen LogP contribution in [0.4, 0.5) is 5.69 Å². The number of thioether (sulfide) groups is 1. The topological polar surface area (TPSA) is 68.3 Å². The van der Waals surface area contributed by atoms with E-state index in [0.29, 0.717) is 12.3 Å². The van der Waals surface area contributed by atoms with Crippen molar-refractivity contribution in [1.29, 1.82) is 0 Å².